The van der Waals surface area contributed by atoms with Crippen LogP contribution < -0.4 is 5.32 Å². The third-order valence-corrected chi connectivity index (χ3v) is 3.91. The van der Waals surface area contributed by atoms with Crippen LogP contribution in [0.2, 0.25) is 0 Å². The minimum atomic E-state index is -0.482. The lowest BCUT2D eigenvalue weighted by Crippen LogP contribution is -2.51. The van der Waals surface area contributed by atoms with Gasteiger partial charge in [-0.3, -0.25) is 0 Å². The molecule has 1 saturated heterocycles. The van der Waals surface area contributed by atoms with Crippen molar-refractivity contribution in [2.45, 2.75) is 78.2 Å². The first-order chi connectivity index (χ1) is 10.1. The normalized spacial score (nSPS) is 29.8. The van der Waals surface area contributed by atoms with E-state index in [4.69, 9.17) is 9.47 Å². The molecule has 0 bridgehead atoms. The maximum atomic E-state index is 11.9. The van der Waals surface area contributed by atoms with Crippen LogP contribution in [0.5, 0.6) is 0 Å². The molecular formula is C18H31NO3. The van der Waals surface area contributed by atoms with Crippen molar-refractivity contribution >= 4 is 6.09 Å². The van der Waals surface area contributed by atoms with Gasteiger partial charge in [-0.2, -0.15) is 0 Å². The van der Waals surface area contributed by atoms with Gasteiger partial charge in [0.15, 0.2) is 0 Å². The lowest BCUT2D eigenvalue weighted by molar-refractivity contribution is -0.0862. The quantitative estimate of drug-likeness (QED) is 0.791. The lowest BCUT2D eigenvalue weighted by atomic mass is 9.88. The van der Waals surface area contributed by atoms with Gasteiger partial charge in [0.05, 0.1) is 18.2 Å². The second kappa shape index (κ2) is 7.82. The van der Waals surface area contributed by atoms with Gasteiger partial charge in [-0.1, -0.05) is 31.2 Å². The fourth-order valence-electron chi connectivity index (χ4n) is 2.56. The zero-order valence-corrected chi connectivity index (χ0v) is 14.8. The molecule has 0 radical (unpaired) electrons. The summed E-state index contributed by atoms with van der Waals surface area (Å²) in [7, 11) is 0. The summed E-state index contributed by atoms with van der Waals surface area (Å²) in [5.41, 5.74) is 0.682. The minimum Gasteiger partial charge on any atom is -0.444 e. The average Bonchev–Trinajstić information content (AvgIpc) is 2.38. The monoisotopic (exact) mass is 309 g/mol. The summed E-state index contributed by atoms with van der Waals surface area (Å²) in [6.07, 6.45) is 5.56. The Kier molecular flexibility index (Phi) is 6.66. The Morgan fingerprint density at radius 1 is 1.41 bits per heavy atom. The van der Waals surface area contributed by atoms with E-state index in [2.05, 4.69) is 24.9 Å². The highest BCUT2D eigenvalue weighted by molar-refractivity contribution is 5.68. The molecule has 0 aromatic rings. The number of amides is 1. The van der Waals surface area contributed by atoms with Crippen molar-refractivity contribution in [2.24, 2.45) is 5.92 Å². The predicted octanol–water partition coefficient (Wildman–Crippen LogP) is 4.22. The van der Waals surface area contributed by atoms with E-state index in [0.717, 1.165) is 18.4 Å². The van der Waals surface area contributed by atoms with Gasteiger partial charge >= 0.3 is 6.09 Å². The zero-order chi connectivity index (χ0) is 16.9. The highest BCUT2D eigenvalue weighted by Crippen LogP contribution is 2.28. The van der Waals surface area contributed by atoms with E-state index < -0.39 is 5.60 Å². The number of rotatable bonds is 4. The summed E-state index contributed by atoms with van der Waals surface area (Å²) in [6.45, 7) is 15.6. The molecule has 1 aliphatic heterocycles. The fraction of sp³-hybridized carbons (Fsp3) is 0.722. The molecule has 4 atom stereocenters. The predicted molar refractivity (Wildman–Crippen MR) is 89.8 cm³/mol. The van der Waals surface area contributed by atoms with Crippen LogP contribution in [0.4, 0.5) is 4.79 Å². The molecular weight excluding hydrogens is 278 g/mol. The number of ether oxygens (including phenoxy) is 2. The van der Waals surface area contributed by atoms with E-state index in [1.54, 1.807) is 0 Å². The number of hydrogen-bond donors (Lipinski definition) is 1. The van der Waals surface area contributed by atoms with Gasteiger partial charge in [-0.25, -0.2) is 4.79 Å². The van der Waals surface area contributed by atoms with Gasteiger partial charge in [-0.05, 0) is 53.4 Å². The van der Waals surface area contributed by atoms with Crippen LogP contribution in [0.15, 0.2) is 24.3 Å². The topological polar surface area (TPSA) is 47.6 Å². The van der Waals surface area contributed by atoms with E-state index in [-0.39, 0.29) is 24.3 Å². The first-order valence-electron chi connectivity index (χ1n) is 8.06. The van der Waals surface area contributed by atoms with E-state index >= 15 is 0 Å². The molecule has 0 aromatic heterocycles. The van der Waals surface area contributed by atoms with Crippen LogP contribution in [0.3, 0.4) is 0 Å². The zero-order valence-electron chi connectivity index (χ0n) is 14.8. The first kappa shape index (κ1) is 18.8. The summed E-state index contributed by atoms with van der Waals surface area (Å²) in [4.78, 5) is 11.9. The first-order valence-corrected chi connectivity index (χ1v) is 8.06. The second-order valence-electron chi connectivity index (χ2n) is 7.23. The third-order valence-electron chi connectivity index (χ3n) is 3.91. The van der Waals surface area contributed by atoms with Gasteiger partial charge < -0.3 is 14.8 Å². The van der Waals surface area contributed by atoms with Crippen molar-refractivity contribution in [3.63, 3.8) is 0 Å². The van der Waals surface area contributed by atoms with E-state index in [1.165, 1.54) is 0 Å². The Morgan fingerprint density at radius 2 is 2.05 bits per heavy atom. The SMILES string of the molecule is C=C/C(C)=C/CC1OC(C)C(NC(=O)OC(C)(C)C)CC1C. The molecule has 1 N–H and O–H groups in total. The summed E-state index contributed by atoms with van der Waals surface area (Å²) >= 11 is 0. The van der Waals surface area contributed by atoms with Crippen molar-refractivity contribution in [3.8, 4) is 0 Å². The number of alkyl carbamates (subject to hydrolysis) is 1. The van der Waals surface area contributed by atoms with Crippen LogP contribution in [-0.2, 0) is 9.47 Å². The molecule has 0 saturated carbocycles. The smallest absolute Gasteiger partial charge is 0.407 e. The van der Waals surface area contributed by atoms with Gasteiger partial charge in [0, 0.05) is 0 Å². The van der Waals surface area contributed by atoms with Crippen LogP contribution >= 0.6 is 0 Å². The van der Waals surface area contributed by atoms with E-state index in [1.807, 2.05) is 40.7 Å². The summed E-state index contributed by atoms with van der Waals surface area (Å²) in [5.74, 6) is 0.380. The molecule has 4 heteroatoms. The fourth-order valence-corrected chi connectivity index (χ4v) is 2.56. The molecule has 1 heterocycles. The standard InChI is InChI=1S/C18H31NO3/c1-8-12(2)9-10-16-13(3)11-15(14(4)21-16)19-17(20)22-18(5,6)7/h8-9,13-16H,1,10-11H2,2-7H3,(H,19,20)/b12-9+. The molecule has 0 aromatic carbocycles. The average molecular weight is 309 g/mol. The minimum absolute atomic E-state index is 0.00872. The van der Waals surface area contributed by atoms with E-state index in [9.17, 15) is 4.79 Å². The summed E-state index contributed by atoms with van der Waals surface area (Å²) in [6, 6.07) is -0.00872. The summed E-state index contributed by atoms with van der Waals surface area (Å²) in [5, 5.41) is 2.93. The Labute approximate surface area is 134 Å². The highest BCUT2D eigenvalue weighted by atomic mass is 16.6. The largest absolute Gasteiger partial charge is 0.444 e. The molecule has 0 aliphatic carbocycles. The van der Waals surface area contributed by atoms with Gasteiger partial charge in [-0.15, -0.1) is 0 Å². The highest BCUT2D eigenvalue weighted by Gasteiger charge is 2.34. The Bertz CT molecular complexity index is 423. The molecule has 1 amide bonds. The molecule has 1 fully saturated rings. The lowest BCUT2D eigenvalue weighted by Gasteiger charge is -2.39. The maximum absolute atomic E-state index is 11.9. The number of carbonyl (C=O) groups excluding carboxylic acids is 1. The van der Waals surface area contributed by atoms with Crippen molar-refractivity contribution in [3.05, 3.63) is 24.3 Å². The van der Waals surface area contributed by atoms with Gasteiger partial charge in [0.1, 0.15) is 5.60 Å². The van der Waals surface area contributed by atoms with Crippen LogP contribution in [-0.4, -0.2) is 29.9 Å². The van der Waals surface area contributed by atoms with Crippen molar-refractivity contribution in [1.82, 2.24) is 5.32 Å². The van der Waals surface area contributed by atoms with Crippen molar-refractivity contribution in [1.29, 1.82) is 0 Å². The number of hydrogen-bond acceptors (Lipinski definition) is 3. The van der Waals surface area contributed by atoms with Crippen LogP contribution in [0.1, 0.15) is 54.4 Å². The Morgan fingerprint density at radius 3 is 2.59 bits per heavy atom. The molecule has 1 aliphatic rings. The Balaban J connectivity index is 2.55. The van der Waals surface area contributed by atoms with E-state index in [0.29, 0.717) is 5.92 Å². The van der Waals surface area contributed by atoms with Crippen LogP contribution in [0, 0.1) is 5.92 Å². The number of carbonyl (C=O) groups is 1. The summed E-state index contributed by atoms with van der Waals surface area (Å²) < 4.78 is 11.4. The van der Waals surface area contributed by atoms with Crippen molar-refractivity contribution < 1.29 is 14.3 Å². The van der Waals surface area contributed by atoms with Gasteiger partial charge in [0.2, 0.25) is 0 Å². The van der Waals surface area contributed by atoms with Crippen molar-refractivity contribution in [2.75, 3.05) is 0 Å². The molecule has 126 valence electrons. The van der Waals surface area contributed by atoms with Crippen LogP contribution in [0.25, 0.3) is 0 Å². The molecule has 4 unspecified atom stereocenters. The number of allylic oxidation sites excluding steroid dienone is 2. The molecule has 22 heavy (non-hydrogen) atoms. The number of nitrogens with one attached hydrogen (secondary N) is 1. The molecule has 0 spiro atoms. The molecule has 4 nitrogen and oxygen atoms in total. The maximum Gasteiger partial charge on any atom is 0.407 e. The molecule has 1 rings (SSSR count). The third kappa shape index (κ3) is 6.22. The Hall–Kier alpha value is -1.29. The second-order valence-corrected chi connectivity index (χ2v) is 7.23. The van der Waals surface area contributed by atoms with Gasteiger partial charge in [0.25, 0.3) is 0 Å².